The summed E-state index contributed by atoms with van der Waals surface area (Å²) in [5, 5.41) is 10.6. The first-order chi connectivity index (χ1) is 18.1. The van der Waals surface area contributed by atoms with Crippen molar-refractivity contribution in [2.24, 2.45) is 0 Å². The van der Waals surface area contributed by atoms with Crippen molar-refractivity contribution >= 4 is 43.1 Å². The minimum Gasteiger partial charge on any atom is -0.0616 e. The second-order valence-corrected chi connectivity index (χ2v) is 11.0. The molecule has 0 fully saturated rings. The Balaban J connectivity index is 1.39. The molecule has 1 aliphatic rings. The standard InChI is InChI=1S/C37H26/c1-37(2)35-20-26(25-16-15-23-9-3-4-10-24(23)19-25)17-18-31(35)34-21-32-29-13-7-5-11-27(29)28-12-6-8-14-30(28)33(32)22-36(34)37/h3-22H,1-2H3. The van der Waals surface area contributed by atoms with Crippen LogP contribution in [0, 0.1) is 0 Å². The minimum absolute atomic E-state index is 0.0710. The van der Waals surface area contributed by atoms with Crippen molar-refractivity contribution in [3.63, 3.8) is 0 Å². The Labute approximate surface area is 216 Å². The maximum absolute atomic E-state index is 2.48. The zero-order valence-electron chi connectivity index (χ0n) is 21.0. The lowest BCUT2D eigenvalue weighted by Gasteiger charge is -2.23. The lowest BCUT2D eigenvalue weighted by molar-refractivity contribution is 0.661. The molecule has 0 spiro atoms. The quantitative estimate of drug-likeness (QED) is 0.209. The topological polar surface area (TPSA) is 0 Å². The van der Waals surface area contributed by atoms with Crippen molar-refractivity contribution in [1.29, 1.82) is 0 Å². The second-order valence-electron chi connectivity index (χ2n) is 11.0. The molecule has 0 heteroatoms. The van der Waals surface area contributed by atoms with E-state index in [9.17, 15) is 0 Å². The zero-order valence-corrected chi connectivity index (χ0v) is 21.0. The SMILES string of the molecule is CC1(C)c2cc(-c3ccc4ccccc4c3)ccc2-c2cc3c4ccccc4c4ccccc4c3cc21. The molecule has 0 amide bonds. The van der Waals surface area contributed by atoms with Crippen LogP contribution >= 0.6 is 0 Å². The fraction of sp³-hybridized carbons (Fsp3) is 0.0811. The summed E-state index contributed by atoms with van der Waals surface area (Å²) in [4.78, 5) is 0. The minimum atomic E-state index is -0.0710. The monoisotopic (exact) mass is 470 g/mol. The molecule has 0 aromatic heterocycles. The molecule has 0 radical (unpaired) electrons. The third-order valence-electron chi connectivity index (χ3n) is 8.62. The van der Waals surface area contributed by atoms with Crippen LogP contribution in [0.1, 0.15) is 25.0 Å². The molecule has 0 saturated heterocycles. The molecule has 7 aromatic rings. The van der Waals surface area contributed by atoms with Crippen LogP contribution in [0.15, 0.2) is 121 Å². The van der Waals surface area contributed by atoms with Gasteiger partial charge in [-0.2, -0.15) is 0 Å². The molecule has 0 bridgehead atoms. The molecule has 37 heavy (non-hydrogen) atoms. The van der Waals surface area contributed by atoms with E-state index in [1.165, 1.54) is 76.5 Å². The van der Waals surface area contributed by atoms with E-state index < -0.39 is 0 Å². The van der Waals surface area contributed by atoms with Crippen molar-refractivity contribution in [2.75, 3.05) is 0 Å². The number of benzene rings is 7. The van der Waals surface area contributed by atoms with Gasteiger partial charge in [-0.25, -0.2) is 0 Å². The highest BCUT2D eigenvalue weighted by Crippen LogP contribution is 2.52. The average molecular weight is 471 g/mol. The van der Waals surface area contributed by atoms with Crippen LogP contribution in [0.25, 0.3) is 65.3 Å². The van der Waals surface area contributed by atoms with Crippen molar-refractivity contribution in [3.05, 3.63) is 132 Å². The van der Waals surface area contributed by atoms with Gasteiger partial charge in [-0.15, -0.1) is 0 Å². The van der Waals surface area contributed by atoms with E-state index in [0.717, 1.165) is 0 Å². The summed E-state index contributed by atoms with van der Waals surface area (Å²) in [6.45, 7) is 4.77. The van der Waals surface area contributed by atoms with Gasteiger partial charge < -0.3 is 0 Å². The van der Waals surface area contributed by atoms with E-state index in [1.54, 1.807) is 0 Å². The van der Waals surface area contributed by atoms with E-state index in [1.807, 2.05) is 0 Å². The van der Waals surface area contributed by atoms with Crippen LogP contribution in [-0.2, 0) is 5.41 Å². The molecule has 0 heterocycles. The molecular weight excluding hydrogens is 444 g/mol. The van der Waals surface area contributed by atoms with Gasteiger partial charge in [0.15, 0.2) is 0 Å². The number of fused-ring (bicyclic) bond motifs is 10. The van der Waals surface area contributed by atoms with E-state index in [2.05, 4.69) is 135 Å². The summed E-state index contributed by atoms with van der Waals surface area (Å²) in [7, 11) is 0. The fourth-order valence-corrected chi connectivity index (χ4v) is 6.68. The molecule has 8 rings (SSSR count). The first-order valence-corrected chi connectivity index (χ1v) is 13.1. The predicted octanol–water partition coefficient (Wildman–Crippen LogP) is 10.3. The summed E-state index contributed by atoms with van der Waals surface area (Å²) in [6.07, 6.45) is 0. The van der Waals surface area contributed by atoms with Gasteiger partial charge in [0.25, 0.3) is 0 Å². The summed E-state index contributed by atoms with van der Waals surface area (Å²) in [5.41, 5.74) is 8.06. The Morgan fingerprint density at radius 2 is 0.892 bits per heavy atom. The van der Waals surface area contributed by atoms with Crippen LogP contribution in [0.4, 0.5) is 0 Å². The van der Waals surface area contributed by atoms with Gasteiger partial charge in [0.1, 0.15) is 0 Å². The van der Waals surface area contributed by atoms with E-state index >= 15 is 0 Å². The third kappa shape index (κ3) is 2.84. The zero-order chi connectivity index (χ0) is 24.7. The molecule has 0 unspecified atom stereocenters. The van der Waals surface area contributed by atoms with Crippen LogP contribution < -0.4 is 0 Å². The lowest BCUT2D eigenvalue weighted by atomic mass is 9.80. The molecule has 174 valence electrons. The molecule has 0 aliphatic heterocycles. The smallest absolute Gasteiger partial charge is 0.0159 e. The maximum atomic E-state index is 2.48. The Hall–Kier alpha value is -4.42. The van der Waals surface area contributed by atoms with Gasteiger partial charge >= 0.3 is 0 Å². The van der Waals surface area contributed by atoms with Crippen molar-refractivity contribution < 1.29 is 0 Å². The van der Waals surface area contributed by atoms with Gasteiger partial charge in [0.05, 0.1) is 0 Å². The predicted molar refractivity (Wildman–Crippen MR) is 159 cm³/mol. The van der Waals surface area contributed by atoms with Gasteiger partial charge in [-0.3, -0.25) is 0 Å². The number of rotatable bonds is 1. The first kappa shape index (κ1) is 20.7. The van der Waals surface area contributed by atoms with Crippen molar-refractivity contribution in [3.8, 4) is 22.3 Å². The lowest BCUT2D eigenvalue weighted by Crippen LogP contribution is -2.15. The van der Waals surface area contributed by atoms with Gasteiger partial charge in [-0.1, -0.05) is 111 Å². The molecule has 0 nitrogen and oxygen atoms in total. The average Bonchev–Trinajstić information content (AvgIpc) is 3.17. The Morgan fingerprint density at radius 1 is 0.378 bits per heavy atom. The highest BCUT2D eigenvalue weighted by molar-refractivity contribution is 6.26. The Bertz CT molecular complexity index is 2060. The Kier molecular flexibility index (Phi) is 4.10. The summed E-state index contributed by atoms with van der Waals surface area (Å²) >= 11 is 0. The number of hydrogen-bond acceptors (Lipinski definition) is 0. The van der Waals surface area contributed by atoms with E-state index in [-0.39, 0.29) is 5.41 Å². The summed E-state index contributed by atoms with van der Waals surface area (Å²) in [5.74, 6) is 0. The normalized spacial score (nSPS) is 13.9. The maximum Gasteiger partial charge on any atom is 0.0159 e. The van der Waals surface area contributed by atoms with Crippen molar-refractivity contribution in [2.45, 2.75) is 19.3 Å². The van der Waals surface area contributed by atoms with Crippen LogP contribution in [0.2, 0.25) is 0 Å². The van der Waals surface area contributed by atoms with Gasteiger partial charge in [-0.05, 0) is 101 Å². The molecule has 0 N–H and O–H groups in total. The highest BCUT2D eigenvalue weighted by atomic mass is 14.4. The van der Waals surface area contributed by atoms with Crippen LogP contribution in [0.5, 0.6) is 0 Å². The molecular formula is C37H26. The molecule has 0 atom stereocenters. The van der Waals surface area contributed by atoms with E-state index in [0.29, 0.717) is 0 Å². The molecule has 7 aromatic carbocycles. The number of hydrogen-bond donors (Lipinski definition) is 0. The van der Waals surface area contributed by atoms with Crippen LogP contribution in [0.3, 0.4) is 0 Å². The van der Waals surface area contributed by atoms with Gasteiger partial charge in [0, 0.05) is 5.41 Å². The fourth-order valence-electron chi connectivity index (χ4n) is 6.68. The summed E-state index contributed by atoms with van der Waals surface area (Å²) in [6, 6.07) is 45.2. The van der Waals surface area contributed by atoms with E-state index in [4.69, 9.17) is 0 Å². The summed E-state index contributed by atoms with van der Waals surface area (Å²) < 4.78 is 0. The van der Waals surface area contributed by atoms with Crippen LogP contribution in [-0.4, -0.2) is 0 Å². The molecule has 0 saturated carbocycles. The van der Waals surface area contributed by atoms with Crippen molar-refractivity contribution in [1.82, 2.24) is 0 Å². The Morgan fingerprint density at radius 3 is 1.59 bits per heavy atom. The van der Waals surface area contributed by atoms with Gasteiger partial charge in [0.2, 0.25) is 0 Å². The second kappa shape index (κ2) is 7.31. The molecule has 1 aliphatic carbocycles. The highest BCUT2D eigenvalue weighted by Gasteiger charge is 2.36. The first-order valence-electron chi connectivity index (χ1n) is 13.1. The largest absolute Gasteiger partial charge is 0.0616 e. The third-order valence-corrected chi connectivity index (χ3v) is 8.62.